The number of ketones is 1. The van der Waals surface area contributed by atoms with Gasteiger partial charge in [0.2, 0.25) is 0 Å². The number of hydrogen-bond donors (Lipinski definition) is 2. The van der Waals surface area contributed by atoms with E-state index >= 15 is 0 Å². The van der Waals surface area contributed by atoms with Crippen LogP contribution in [0.4, 0.5) is 0 Å². The van der Waals surface area contributed by atoms with E-state index in [-0.39, 0.29) is 23.4 Å². The predicted molar refractivity (Wildman–Crippen MR) is 91.7 cm³/mol. The first kappa shape index (κ1) is 19.1. The molecule has 0 spiro atoms. The number of unbranched alkanes of at least 4 members (excludes halogenated alkanes) is 2. The van der Waals surface area contributed by atoms with Crippen molar-refractivity contribution in [2.45, 2.75) is 62.9 Å². The molecule has 121 valence electrons. The molecule has 1 aliphatic rings. The van der Waals surface area contributed by atoms with Crippen LogP contribution in [0.5, 0.6) is 0 Å². The molecule has 0 bridgehead atoms. The third kappa shape index (κ3) is 6.76. The Bertz CT molecular complexity index is 333. The van der Waals surface area contributed by atoms with Gasteiger partial charge in [-0.1, -0.05) is 51.0 Å². The third-order valence-electron chi connectivity index (χ3n) is 3.77. The minimum Gasteiger partial charge on any atom is -0.392 e. The van der Waals surface area contributed by atoms with Gasteiger partial charge in [-0.05, 0) is 18.6 Å². The zero-order valence-electron chi connectivity index (χ0n) is 12.7. The zero-order chi connectivity index (χ0) is 15.7. The van der Waals surface area contributed by atoms with Gasteiger partial charge in [-0.15, -0.1) is 11.8 Å². The molecule has 1 saturated carbocycles. The van der Waals surface area contributed by atoms with E-state index in [1.165, 1.54) is 0 Å². The summed E-state index contributed by atoms with van der Waals surface area (Å²) in [5.41, 5.74) is 0. The van der Waals surface area contributed by atoms with Crippen LogP contribution >= 0.6 is 24.4 Å². The highest BCUT2D eigenvalue weighted by Gasteiger charge is 2.40. The molecular formula is C16H27O3S2. The van der Waals surface area contributed by atoms with Crippen molar-refractivity contribution >= 4 is 30.2 Å². The van der Waals surface area contributed by atoms with E-state index in [0.29, 0.717) is 5.75 Å². The summed E-state index contributed by atoms with van der Waals surface area (Å²) in [5, 5.41) is 19.8. The second kappa shape index (κ2) is 10.7. The smallest absolute Gasteiger partial charge is 0.149 e. The Morgan fingerprint density at radius 1 is 1.43 bits per heavy atom. The molecule has 0 aromatic heterocycles. The number of Topliss-reactive ketones (excluding diaryl/α,β-unsaturated/α-hetero) is 1. The van der Waals surface area contributed by atoms with Crippen LogP contribution in [-0.2, 0) is 4.79 Å². The van der Waals surface area contributed by atoms with Crippen molar-refractivity contribution in [1.82, 2.24) is 0 Å². The van der Waals surface area contributed by atoms with Crippen LogP contribution in [0.15, 0.2) is 12.2 Å². The average molecular weight is 332 g/mol. The average Bonchev–Trinajstić information content (AvgIpc) is 2.71. The largest absolute Gasteiger partial charge is 0.392 e. The van der Waals surface area contributed by atoms with Crippen LogP contribution in [0.2, 0.25) is 0 Å². The van der Waals surface area contributed by atoms with Gasteiger partial charge in [0.1, 0.15) is 5.78 Å². The maximum absolute atomic E-state index is 11.9. The summed E-state index contributed by atoms with van der Waals surface area (Å²) in [5.74, 6) is 1.50. The number of carbonyl (C=O) groups is 1. The van der Waals surface area contributed by atoms with Gasteiger partial charge in [0, 0.05) is 18.1 Å². The Labute approximate surface area is 138 Å². The molecule has 1 aliphatic carbocycles. The Kier molecular flexibility index (Phi) is 9.73. The first-order valence-electron chi connectivity index (χ1n) is 7.87. The molecule has 0 aromatic carbocycles. The summed E-state index contributed by atoms with van der Waals surface area (Å²) in [6, 6.07) is 0. The molecule has 0 amide bonds. The van der Waals surface area contributed by atoms with E-state index in [9.17, 15) is 15.0 Å². The van der Waals surface area contributed by atoms with Gasteiger partial charge in [-0.3, -0.25) is 4.79 Å². The number of aliphatic hydroxyl groups excluding tert-OH is 2. The van der Waals surface area contributed by atoms with Crippen LogP contribution in [0, 0.1) is 5.92 Å². The first-order valence-corrected chi connectivity index (χ1v) is 9.49. The van der Waals surface area contributed by atoms with E-state index in [0.717, 1.165) is 37.9 Å². The topological polar surface area (TPSA) is 57.5 Å². The molecule has 5 heteroatoms. The van der Waals surface area contributed by atoms with Crippen LogP contribution < -0.4 is 0 Å². The molecule has 0 aliphatic heterocycles. The number of thioether (sulfide) groups is 1. The summed E-state index contributed by atoms with van der Waals surface area (Å²) in [6.45, 7) is 2.13. The molecule has 2 N–H and O–H groups in total. The SMILES string of the molecule is CCCCC[C@H](O)/C=C/[C@H]1[C@H](O)CC(=O)[C@@H]1SCCC[S]. The van der Waals surface area contributed by atoms with Gasteiger partial charge >= 0.3 is 0 Å². The standard InChI is InChI=1S/C16H27O3S2/c1-2-3-4-6-12(17)7-8-13-14(18)11-15(19)16(13)21-10-5-9-20/h7-8,12-14,16-18H,2-6,9-11H2,1H3/b8-7+/t12-,13-,14+,16+/m0/s1. The van der Waals surface area contributed by atoms with Crippen molar-refractivity contribution < 1.29 is 15.0 Å². The molecule has 0 aromatic rings. The molecule has 4 atom stereocenters. The van der Waals surface area contributed by atoms with Crippen molar-refractivity contribution in [3.63, 3.8) is 0 Å². The van der Waals surface area contributed by atoms with E-state index < -0.39 is 12.2 Å². The molecule has 0 unspecified atom stereocenters. The second-order valence-corrected chi connectivity index (χ2v) is 7.27. The molecule has 0 saturated heterocycles. The zero-order valence-corrected chi connectivity index (χ0v) is 14.4. The maximum atomic E-state index is 11.9. The van der Waals surface area contributed by atoms with Gasteiger partial charge in [0.25, 0.3) is 0 Å². The fourth-order valence-electron chi connectivity index (χ4n) is 2.53. The lowest BCUT2D eigenvalue weighted by Crippen LogP contribution is -2.22. The molecule has 1 radical (unpaired) electrons. The summed E-state index contributed by atoms with van der Waals surface area (Å²) in [6.07, 6.45) is 7.65. The van der Waals surface area contributed by atoms with Crippen LogP contribution in [0.3, 0.4) is 0 Å². The predicted octanol–water partition coefficient (Wildman–Crippen LogP) is 3.12. The van der Waals surface area contributed by atoms with Gasteiger partial charge < -0.3 is 10.2 Å². The number of carbonyl (C=O) groups excluding carboxylic acids is 1. The Hall–Kier alpha value is 0.0300. The monoisotopic (exact) mass is 331 g/mol. The van der Waals surface area contributed by atoms with Crippen molar-refractivity contribution in [3.05, 3.63) is 12.2 Å². The van der Waals surface area contributed by atoms with Crippen LogP contribution in [-0.4, -0.2) is 45.0 Å². The summed E-state index contributed by atoms with van der Waals surface area (Å²) in [4.78, 5) is 11.9. The quantitative estimate of drug-likeness (QED) is 0.477. The molecule has 21 heavy (non-hydrogen) atoms. The lowest BCUT2D eigenvalue weighted by Gasteiger charge is -2.17. The third-order valence-corrected chi connectivity index (χ3v) is 5.52. The highest BCUT2D eigenvalue weighted by molar-refractivity contribution is 8.00. The summed E-state index contributed by atoms with van der Waals surface area (Å²) in [7, 11) is 0. The lowest BCUT2D eigenvalue weighted by molar-refractivity contribution is -0.117. The van der Waals surface area contributed by atoms with E-state index in [2.05, 4.69) is 6.92 Å². The maximum Gasteiger partial charge on any atom is 0.149 e. The highest BCUT2D eigenvalue weighted by Crippen LogP contribution is 2.34. The minimum atomic E-state index is -0.613. The lowest BCUT2D eigenvalue weighted by atomic mass is 10.0. The molecular weight excluding hydrogens is 304 g/mol. The minimum absolute atomic E-state index is 0.118. The van der Waals surface area contributed by atoms with Gasteiger partial charge in [-0.25, -0.2) is 0 Å². The van der Waals surface area contributed by atoms with Crippen LogP contribution in [0.25, 0.3) is 0 Å². The Balaban J connectivity index is 2.49. The number of hydrogen-bond acceptors (Lipinski definition) is 4. The normalized spacial score (nSPS) is 27.6. The fraction of sp³-hybridized carbons (Fsp3) is 0.812. The first-order chi connectivity index (χ1) is 10.1. The number of aliphatic hydroxyl groups is 2. The Morgan fingerprint density at radius 3 is 2.86 bits per heavy atom. The molecule has 1 rings (SSSR count). The summed E-state index contributed by atoms with van der Waals surface area (Å²) < 4.78 is 0. The van der Waals surface area contributed by atoms with Gasteiger partial charge in [0.05, 0.1) is 17.5 Å². The van der Waals surface area contributed by atoms with E-state index in [1.54, 1.807) is 17.8 Å². The van der Waals surface area contributed by atoms with Crippen LogP contribution in [0.1, 0.15) is 45.4 Å². The van der Waals surface area contributed by atoms with E-state index in [4.69, 9.17) is 12.6 Å². The fourth-order valence-corrected chi connectivity index (χ4v) is 4.20. The van der Waals surface area contributed by atoms with Crippen molar-refractivity contribution in [3.8, 4) is 0 Å². The highest BCUT2D eigenvalue weighted by atomic mass is 32.2. The van der Waals surface area contributed by atoms with Crippen molar-refractivity contribution in [2.24, 2.45) is 5.92 Å². The molecule has 0 heterocycles. The Morgan fingerprint density at radius 2 is 2.19 bits per heavy atom. The molecule has 1 fully saturated rings. The summed E-state index contributed by atoms with van der Waals surface area (Å²) >= 11 is 6.51. The van der Waals surface area contributed by atoms with Crippen molar-refractivity contribution in [2.75, 3.05) is 11.5 Å². The van der Waals surface area contributed by atoms with Crippen molar-refractivity contribution in [1.29, 1.82) is 0 Å². The van der Waals surface area contributed by atoms with E-state index in [1.807, 2.05) is 6.08 Å². The van der Waals surface area contributed by atoms with Gasteiger partial charge in [0.15, 0.2) is 0 Å². The van der Waals surface area contributed by atoms with Gasteiger partial charge in [-0.2, -0.15) is 0 Å². The number of rotatable bonds is 10. The molecule has 3 nitrogen and oxygen atoms in total. The second-order valence-electron chi connectivity index (χ2n) is 5.61.